The number of nitrogens with zero attached hydrogens (tertiary/aromatic N) is 3. The SMILES string of the molecule is C/C=C/CC(=O)N1CCCC1c1ccc(C(=O)Nc2c(CC)c(C)nn2C)s1. The van der Waals surface area contributed by atoms with E-state index in [9.17, 15) is 9.59 Å². The fraction of sp³-hybridized carbons (Fsp3) is 0.476. The van der Waals surface area contributed by atoms with Gasteiger partial charge in [0.25, 0.3) is 5.91 Å². The van der Waals surface area contributed by atoms with Gasteiger partial charge in [0.15, 0.2) is 0 Å². The number of aryl methyl sites for hydroxylation is 2. The van der Waals surface area contributed by atoms with E-state index >= 15 is 0 Å². The van der Waals surface area contributed by atoms with Crippen molar-refractivity contribution in [2.45, 2.75) is 52.5 Å². The number of nitrogens with one attached hydrogen (secondary N) is 1. The zero-order valence-corrected chi connectivity index (χ0v) is 17.8. The first-order valence-corrected chi connectivity index (χ1v) is 10.6. The van der Waals surface area contributed by atoms with Crippen LogP contribution in [0.3, 0.4) is 0 Å². The van der Waals surface area contributed by atoms with Crippen LogP contribution < -0.4 is 5.32 Å². The average Bonchev–Trinajstić information content (AvgIpc) is 3.38. The average molecular weight is 401 g/mol. The largest absolute Gasteiger partial charge is 0.335 e. The lowest BCUT2D eigenvalue weighted by atomic mass is 10.1. The van der Waals surface area contributed by atoms with E-state index in [1.165, 1.54) is 11.3 Å². The van der Waals surface area contributed by atoms with Crippen molar-refractivity contribution in [1.29, 1.82) is 0 Å². The first-order valence-electron chi connectivity index (χ1n) is 9.80. The van der Waals surface area contributed by atoms with Crippen LogP contribution in [-0.4, -0.2) is 33.0 Å². The van der Waals surface area contributed by atoms with Gasteiger partial charge in [-0.05, 0) is 45.2 Å². The fourth-order valence-corrected chi connectivity index (χ4v) is 4.85. The molecule has 1 fully saturated rings. The monoisotopic (exact) mass is 400 g/mol. The van der Waals surface area contributed by atoms with Crippen LogP contribution in [0.5, 0.6) is 0 Å². The van der Waals surface area contributed by atoms with Crippen molar-refractivity contribution in [3.05, 3.63) is 45.3 Å². The number of amides is 2. The molecule has 0 spiro atoms. The molecule has 28 heavy (non-hydrogen) atoms. The Balaban J connectivity index is 1.75. The third kappa shape index (κ3) is 4.04. The molecule has 6 nitrogen and oxygen atoms in total. The van der Waals surface area contributed by atoms with Crippen LogP contribution in [0.1, 0.15) is 65.0 Å². The van der Waals surface area contributed by atoms with E-state index in [0.717, 1.165) is 47.8 Å². The molecule has 0 bridgehead atoms. The number of allylic oxidation sites excluding steroid dienone is 1. The Morgan fingerprint density at radius 1 is 1.39 bits per heavy atom. The zero-order valence-electron chi connectivity index (χ0n) is 17.0. The summed E-state index contributed by atoms with van der Waals surface area (Å²) < 4.78 is 1.72. The molecule has 1 aliphatic rings. The van der Waals surface area contributed by atoms with Gasteiger partial charge in [0.2, 0.25) is 5.91 Å². The zero-order chi connectivity index (χ0) is 20.3. The quantitative estimate of drug-likeness (QED) is 0.738. The van der Waals surface area contributed by atoms with Gasteiger partial charge in [-0.1, -0.05) is 19.1 Å². The van der Waals surface area contributed by atoms with Gasteiger partial charge in [0, 0.05) is 30.5 Å². The Kier molecular flexibility index (Phi) is 6.34. The third-order valence-electron chi connectivity index (χ3n) is 5.21. The van der Waals surface area contributed by atoms with Gasteiger partial charge in [-0.2, -0.15) is 5.10 Å². The molecule has 0 aromatic carbocycles. The minimum atomic E-state index is -0.126. The number of rotatable bonds is 6. The lowest BCUT2D eigenvalue weighted by Crippen LogP contribution is -2.29. The Morgan fingerprint density at radius 2 is 2.18 bits per heavy atom. The van der Waals surface area contributed by atoms with E-state index in [0.29, 0.717) is 11.3 Å². The number of aromatic nitrogens is 2. The van der Waals surface area contributed by atoms with Crippen molar-refractivity contribution < 1.29 is 9.59 Å². The number of likely N-dealkylation sites (tertiary alicyclic amines) is 1. The highest BCUT2D eigenvalue weighted by Crippen LogP contribution is 2.36. The predicted octanol–water partition coefficient (Wildman–Crippen LogP) is 4.23. The van der Waals surface area contributed by atoms with E-state index in [1.807, 2.05) is 50.1 Å². The Labute approximate surface area is 170 Å². The van der Waals surface area contributed by atoms with Gasteiger partial charge in [-0.3, -0.25) is 14.3 Å². The second kappa shape index (κ2) is 8.73. The Hall–Kier alpha value is -2.41. The van der Waals surface area contributed by atoms with E-state index < -0.39 is 0 Å². The summed E-state index contributed by atoms with van der Waals surface area (Å²) in [5, 5.41) is 7.42. The first kappa shape index (κ1) is 20.3. The molecule has 2 aromatic rings. The number of carbonyl (C=O) groups excluding carboxylic acids is 2. The number of carbonyl (C=O) groups is 2. The van der Waals surface area contributed by atoms with Gasteiger partial charge in [0.05, 0.1) is 16.6 Å². The van der Waals surface area contributed by atoms with Gasteiger partial charge in [-0.25, -0.2) is 0 Å². The summed E-state index contributed by atoms with van der Waals surface area (Å²) in [5.74, 6) is 0.778. The lowest BCUT2D eigenvalue weighted by molar-refractivity contribution is -0.131. The molecule has 1 unspecified atom stereocenters. The molecule has 2 amide bonds. The molecule has 1 aliphatic heterocycles. The van der Waals surface area contributed by atoms with Crippen LogP contribution >= 0.6 is 11.3 Å². The van der Waals surface area contributed by atoms with E-state index in [-0.39, 0.29) is 17.9 Å². The lowest BCUT2D eigenvalue weighted by Gasteiger charge is -2.23. The minimum absolute atomic E-state index is 0.0782. The standard InChI is InChI=1S/C21H28N4O2S/c1-5-7-10-19(26)25-13-8-9-16(25)17-11-12-18(28-17)21(27)22-20-15(6-2)14(3)23-24(20)4/h5,7,11-12,16H,6,8-10,13H2,1-4H3,(H,22,27)/b7-5+. The summed E-state index contributed by atoms with van der Waals surface area (Å²) in [5.41, 5.74) is 2.00. The highest BCUT2D eigenvalue weighted by atomic mass is 32.1. The first-order chi connectivity index (χ1) is 13.5. The molecule has 1 N–H and O–H groups in total. The second-order valence-electron chi connectivity index (χ2n) is 7.06. The molecule has 0 radical (unpaired) electrons. The molecule has 1 saturated heterocycles. The number of thiophene rings is 1. The summed E-state index contributed by atoms with van der Waals surface area (Å²) in [6, 6.07) is 3.92. The highest BCUT2D eigenvalue weighted by molar-refractivity contribution is 7.14. The molecular weight excluding hydrogens is 372 g/mol. The maximum absolute atomic E-state index is 12.8. The summed E-state index contributed by atoms with van der Waals surface area (Å²) >= 11 is 1.47. The van der Waals surface area contributed by atoms with Crippen LogP contribution in [0.4, 0.5) is 5.82 Å². The summed E-state index contributed by atoms with van der Waals surface area (Å²) in [4.78, 5) is 29.0. The van der Waals surface area contributed by atoms with E-state index in [2.05, 4.69) is 17.3 Å². The predicted molar refractivity (Wildman–Crippen MR) is 113 cm³/mol. The van der Waals surface area contributed by atoms with Crippen LogP contribution in [0.15, 0.2) is 24.3 Å². The van der Waals surface area contributed by atoms with Crippen LogP contribution in [-0.2, 0) is 18.3 Å². The van der Waals surface area contributed by atoms with Crippen molar-refractivity contribution in [3.8, 4) is 0 Å². The topological polar surface area (TPSA) is 67.2 Å². The van der Waals surface area contributed by atoms with Crippen molar-refractivity contribution >= 4 is 29.0 Å². The smallest absolute Gasteiger partial charge is 0.266 e. The van der Waals surface area contributed by atoms with Gasteiger partial charge in [0.1, 0.15) is 5.82 Å². The van der Waals surface area contributed by atoms with Crippen LogP contribution in [0.25, 0.3) is 0 Å². The van der Waals surface area contributed by atoms with Crippen LogP contribution in [0, 0.1) is 6.92 Å². The van der Waals surface area contributed by atoms with Crippen molar-refractivity contribution in [2.24, 2.45) is 7.05 Å². The van der Waals surface area contributed by atoms with E-state index in [4.69, 9.17) is 0 Å². The molecule has 1 atom stereocenters. The van der Waals surface area contributed by atoms with Crippen molar-refractivity contribution in [1.82, 2.24) is 14.7 Å². The normalized spacial score (nSPS) is 16.9. The molecule has 0 aliphatic carbocycles. The maximum Gasteiger partial charge on any atom is 0.266 e. The molecule has 7 heteroatoms. The van der Waals surface area contributed by atoms with E-state index in [1.54, 1.807) is 4.68 Å². The molecule has 0 saturated carbocycles. The van der Waals surface area contributed by atoms with Crippen molar-refractivity contribution in [3.63, 3.8) is 0 Å². The second-order valence-corrected chi connectivity index (χ2v) is 8.18. The highest BCUT2D eigenvalue weighted by Gasteiger charge is 2.30. The van der Waals surface area contributed by atoms with Gasteiger partial charge >= 0.3 is 0 Å². The molecule has 3 heterocycles. The summed E-state index contributed by atoms with van der Waals surface area (Å²) in [6.45, 7) is 6.72. The summed E-state index contributed by atoms with van der Waals surface area (Å²) in [7, 11) is 1.84. The van der Waals surface area contributed by atoms with Crippen LogP contribution in [0.2, 0.25) is 0 Å². The Morgan fingerprint density at radius 3 is 2.89 bits per heavy atom. The molecular formula is C21H28N4O2S. The van der Waals surface area contributed by atoms with Gasteiger partial charge in [-0.15, -0.1) is 11.3 Å². The molecule has 2 aromatic heterocycles. The Bertz CT molecular complexity index is 896. The fourth-order valence-electron chi connectivity index (χ4n) is 3.80. The number of hydrogen-bond acceptors (Lipinski definition) is 4. The van der Waals surface area contributed by atoms with Gasteiger partial charge < -0.3 is 10.2 Å². The summed E-state index contributed by atoms with van der Waals surface area (Å²) in [6.07, 6.45) is 7.00. The number of anilines is 1. The third-order valence-corrected chi connectivity index (χ3v) is 6.40. The minimum Gasteiger partial charge on any atom is -0.335 e. The maximum atomic E-state index is 12.8. The molecule has 3 rings (SSSR count). The number of hydrogen-bond donors (Lipinski definition) is 1. The molecule has 150 valence electrons. The van der Waals surface area contributed by atoms with Crippen molar-refractivity contribution in [2.75, 3.05) is 11.9 Å².